The van der Waals surface area contributed by atoms with Crippen LogP contribution < -0.4 is 5.32 Å². The summed E-state index contributed by atoms with van der Waals surface area (Å²) in [4.78, 5) is 0. The molecule has 0 saturated carbocycles. The molecule has 2 N–H and O–H groups in total. The summed E-state index contributed by atoms with van der Waals surface area (Å²) in [5, 5.41) is 13.1. The van der Waals surface area contributed by atoms with Gasteiger partial charge >= 0.3 is 0 Å². The van der Waals surface area contributed by atoms with E-state index in [1.54, 1.807) is 0 Å². The van der Waals surface area contributed by atoms with E-state index in [4.69, 9.17) is 0 Å². The molecule has 1 unspecified atom stereocenters. The Bertz CT molecular complexity index is 601. The van der Waals surface area contributed by atoms with Gasteiger partial charge in [0.1, 0.15) is 11.6 Å². The van der Waals surface area contributed by atoms with Gasteiger partial charge in [-0.05, 0) is 36.8 Å². The third-order valence-corrected chi connectivity index (χ3v) is 3.79. The third kappa shape index (κ3) is 4.09. The van der Waals surface area contributed by atoms with Gasteiger partial charge in [0, 0.05) is 17.1 Å². The summed E-state index contributed by atoms with van der Waals surface area (Å²) in [7, 11) is 0. The molecular formula is C16H16BrF2NO. The molecule has 2 nitrogen and oxygen atoms in total. The van der Waals surface area contributed by atoms with Crippen molar-refractivity contribution in [1.29, 1.82) is 0 Å². The molecule has 0 aromatic heterocycles. The Kier molecular flexibility index (Phi) is 5.45. The highest BCUT2D eigenvalue weighted by Crippen LogP contribution is 2.22. The summed E-state index contributed by atoms with van der Waals surface area (Å²) >= 11 is 3.39. The van der Waals surface area contributed by atoms with Gasteiger partial charge in [-0.1, -0.05) is 34.1 Å². The molecule has 5 heteroatoms. The van der Waals surface area contributed by atoms with Crippen LogP contribution in [0.25, 0.3) is 0 Å². The maximum Gasteiger partial charge on any atom is 0.131 e. The van der Waals surface area contributed by atoms with E-state index in [-0.39, 0.29) is 18.2 Å². The molecule has 21 heavy (non-hydrogen) atoms. The molecule has 0 aliphatic heterocycles. The van der Waals surface area contributed by atoms with Gasteiger partial charge < -0.3 is 10.4 Å². The van der Waals surface area contributed by atoms with Crippen LogP contribution in [-0.4, -0.2) is 11.7 Å². The van der Waals surface area contributed by atoms with Crippen molar-refractivity contribution in [3.05, 3.63) is 69.7 Å². The number of benzene rings is 2. The Morgan fingerprint density at radius 1 is 1.14 bits per heavy atom. The zero-order valence-electron chi connectivity index (χ0n) is 11.5. The van der Waals surface area contributed by atoms with Crippen LogP contribution in [0.2, 0.25) is 0 Å². The Morgan fingerprint density at radius 2 is 1.76 bits per heavy atom. The van der Waals surface area contributed by atoms with E-state index in [1.165, 1.54) is 6.07 Å². The largest absolute Gasteiger partial charge is 0.387 e. The minimum absolute atomic E-state index is 0.0491. The summed E-state index contributed by atoms with van der Waals surface area (Å²) in [5.41, 5.74) is 0.719. The first kappa shape index (κ1) is 16.1. The maximum atomic E-state index is 13.6. The Hall–Kier alpha value is -1.30. The zero-order chi connectivity index (χ0) is 15.4. The average molecular weight is 356 g/mol. The van der Waals surface area contributed by atoms with Crippen LogP contribution >= 0.6 is 15.9 Å². The number of hydrogen-bond acceptors (Lipinski definition) is 2. The zero-order valence-corrected chi connectivity index (χ0v) is 13.1. The van der Waals surface area contributed by atoms with E-state index in [1.807, 2.05) is 31.2 Å². The lowest BCUT2D eigenvalue weighted by Gasteiger charge is -2.18. The van der Waals surface area contributed by atoms with Crippen LogP contribution in [0.15, 0.2) is 46.9 Å². The van der Waals surface area contributed by atoms with E-state index in [0.717, 1.165) is 22.2 Å². The molecule has 2 rings (SSSR count). The molecule has 0 radical (unpaired) electrons. The Labute approximate surface area is 130 Å². The summed E-state index contributed by atoms with van der Waals surface area (Å²) < 4.78 is 28.1. The molecule has 112 valence electrons. The molecule has 0 fully saturated rings. The van der Waals surface area contributed by atoms with Gasteiger partial charge in [-0.25, -0.2) is 8.78 Å². The first-order chi connectivity index (χ1) is 9.99. The van der Waals surface area contributed by atoms with E-state index in [2.05, 4.69) is 21.2 Å². The van der Waals surface area contributed by atoms with Gasteiger partial charge in [-0.15, -0.1) is 0 Å². The van der Waals surface area contributed by atoms with Crippen molar-refractivity contribution in [3.8, 4) is 0 Å². The van der Waals surface area contributed by atoms with Crippen LogP contribution in [0.4, 0.5) is 8.78 Å². The van der Waals surface area contributed by atoms with Crippen molar-refractivity contribution in [3.63, 3.8) is 0 Å². The molecule has 0 aliphatic rings. The van der Waals surface area contributed by atoms with Crippen molar-refractivity contribution in [2.24, 2.45) is 0 Å². The number of nitrogens with one attached hydrogen (secondary N) is 1. The molecule has 2 atom stereocenters. The quantitative estimate of drug-likeness (QED) is 0.845. The lowest BCUT2D eigenvalue weighted by atomic mass is 10.1. The second-order valence-electron chi connectivity index (χ2n) is 4.84. The number of aliphatic hydroxyl groups excluding tert-OH is 1. The molecular weight excluding hydrogens is 340 g/mol. The summed E-state index contributed by atoms with van der Waals surface area (Å²) in [6, 6.07) is 11.2. The van der Waals surface area contributed by atoms with Crippen molar-refractivity contribution < 1.29 is 13.9 Å². The normalized spacial score (nSPS) is 14.0. The van der Waals surface area contributed by atoms with Crippen LogP contribution in [0.1, 0.15) is 30.2 Å². The molecule has 0 saturated heterocycles. The van der Waals surface area contributed by atoms with Gasteiger partial charge in [0.25, 0.3) is 0 Å². The summed E-state index contributed by atoms with van der Waals surface area (Å²) in [6.07, 6.45) is -1.24. The fourth-order valence-electron chi connectivity index (χ4n) is 2.11. The second kappa shape index (κ2) is 7.11. The monoisotopic (exact) mass is 355 g/mol. The minimum Gasteiger partial charge on any atom is -0.387 e. The van der Waals surface area contributed by atoms with Crippen LogP contribution in [0.5, 0.6) is 0 Å². The molecule has 0 bridgehead atoms. The highest BCUT2D eigenvalue weighted by Gasteiger charge is 2.18. The first-order valence-electron chi connectivity index (χ1n) is 6.60. The standard InChI is InChI=1S/C16H16BrF2NO/c1-10(11-4-2-5-12(17)8-11)20-9-15(21)16-13(18)6-3-7-14(16)19/h2-8,10,15,20-21H,9H2,1H3/t10-,15?/m1/s1. The summed E-state index contributed by atoms with van der Waals surface area (Å²) in [6.45, 7) is 1.98. The van der Waals surface area contributed by atoms with Gasteiger partial charge in [0.05, 0.1) is 11.7 Å². The lowest BCUT2D eigenvalue weighted by molar-refractivity contribution is 0.161. The van der Waals surface area contributed by atoms with E-state index in [9.17, 15) is 13.9 Å². The summed E-state index contributed by atoms with van der Waals surface area (Å²) in [5.74, 6) is -1.47. The first-order valence-corrected chi connectivity index (χ1v) is 7.39. The molecule has 2 aromatic carbocycles. The third-order valence-electron chi connectivity index (χ3n) is 3.30. The van der Waals surface area contributed by atoms with Gasteiger partial charge in [-0.3, -0.25) is 0 Å². The number of hydrogen-bond donors (Lipinski definition) is 2. The fraction of sp³-hybridized carbons (Fsp3) is 0.250. The molecule has 2 aromatic rings. The maximum absolute atomic E-state index is 13.6. The van der Waals surface area contributed by atoms with E-state index < -0.39 is 17.7 Å². The van der Waals surface area contributed by atoms with E-state index in [0.29, 0.717) is 0 Å². The van der Waals surface area contributed by atoms with Crippen molar-refractivity contribution in [2.45, 2.75) is 19.1 Å². The molecule has 0 spiro atoms. The van der Waals surface area contributed by atoms with Crippen molar-refractivity contribution >= 4 is 15.9 Å². The number of halogens is 3. The molecule has 0 aliphatic carbocycles. The number of rotatable bonds is 5. The second-order valence-corrected chi connectivity index (χ2v) is 5.75. The highest BCUT2D eigenvalue weighted by atomic mass is 79.9. The average Bonchev–Trinajstić information content (AvgIpc) is 2.44. The predicted molar refractivity (Wildman–Crippen MR) is 81.9 cm³/mol. The van der Waals surface area contributed by atoms with Gasteiger partial charge in [-0.2, -0.15) is 0 Å². The topological polar surface area (TPSA) is 32.3 Å². The van der Waals surface area contributed by atoms with Crippen LogP contribution in [-0.2, 0) is 0 Å². The van der Waals surface area contributed by atoms with Crippen LogP contribution in [0.3, 0.4) is 0 Å². The molecule has 0 heterocycles. The SMILES string of the molecule is C[C@@H](NCC(O)c1c(F)cccc1F)c1cccc(Br)c1. The molecule has 0 amide bonds. The van der Waals surface area contributed by atoms with Crippen LogP contribution in [0, 0.1) is 11.6 Å². The predicted octanol–water partition coefficient (Wildman–Crippen LogP) is 4.11. The van der Waals surface area contributed by atoms with Gasteiger partial charge in [0.2, 0.25) is 0 Å². The van der Waals surface area contributed by atoms with Crippen molar-refractivity contribution in [2.75, 3.05) is 6.54 Å². The minimum atomic E-state index is -1.24. The van der Waals surface area contributed by atoms with Crippen molar-refractivity contribution in [1.82, 2.24) is 5.32 Å². The Morgan fingerprint density at radius 3 is 2.38 bits per heavy atom. The highest BCUT2D eigenvalue weighted by molar-refractivity contribution is 9.10. The van der Waals surface area contributed by atoms with E-state index >= 15 is 0 Å². The smallest absolute Gasteiger partial charge is 0.131 e. The Balaban J connectivity index is 2.02. The van der Waals surface area contributed by atoms with Gasteiger partial charge in [0.15, 0.2) is 0 Å². The fourth-order valence-corrected chi connectivity index (χ4v) is 2.53. The number of aliphatic hydroxyl groups is 1. The lowest BCUT2D eigenvalue weighted by Crippen LogP contribution is -2.25.